The van der Waals surface area contributed by atoms with Gasteiger partial charge in [-0.25, -0.2) is 0 Å². The Morgan fingerprint density at radius 2 is 2.11 bits per heavy atom. The van der Waals surface area contributed by atoms with Gasteiger partial charge >= 0.3 is 0 Å². The van der Waals surface area contributed by atoms with E-state index in [2.05, 4.69) is 31.2 Å². The van der Waals surface area contributed by atoms with E-state index in [4.69, 9.17) is 11.6 Å². The first-order valence-electron chi connectivity index (χ1n) is 9.92. The number of hydrogen-bond donors (Lipinski definition) is 1. The number of carbonyl (C=O) groups excluding carboxylic acids is 1. The second-order valence-corrected chi connectivity index (χ2v) is 8.00. The van der Waals surface area contributed by atoms with Gasteiger partial charge < -0.3 is 5.32 Å². The first kappa shape index (κ1) is 18.5. The van der Waals surface area contributed by atoms with Crippen LogP contribution in [0.15, 0.2) is 18.5 Å². The highest BCUT2D eigenvalue weighted by Crippen LogP contribution is 2.26. The molecule has 1 saturated carbocycles. The third-order valence-electron chi connectivity index (χ3n) is 5.61. The molecule has 2 aromatic heterocycles. The lowest BCUT2D eigenvalue weighted by atomic mass is 9.94. The second kappa shape index (κ2) is 8.44. The van der Waals surface area contributed by atoms with Gasteiger partial charge in [0.25, 0.3) is 0 Å². The van der Waals surface area contributed by atoms with Crippen molar-refractivity contribution in [2.24, 2.45) is 0 Å². The first-order valence-corrected chi connectivity index (χ1v) is 10.3. The molecule has 7 nitrogen and oxygen atoms in total. The fraction of sp³-hybridized carbons (Fsp3) is 0.632. The number of nitrogens with zero attached hydrogens (tertiary/aromatic N) is 5. The van der Waals surface area contributed by atoms with Crippen molar-refractivity contribution in [2.45, 2.75) is 70.7 Å². The molecule has 2 aromatic rings. The zero-order chi connectivity index (χ0) is 18.6. The molecular formula is C19H27ClN6O. The lowest BCUT2D eigenvalue weighted by Gasteiger charge is -2.36. The third-order valence-corrected chi connectivity index (χ3v) is 5.80. The van der Waals surface area contributed by atoms with Gasteiger partial charge in [-0.3, -0.25) is 19.1 Å². The van der Waals surface area contributed by atoms with Gasteiger partial charge in [0, 0.05) is 38.3 Å². The smallest absolute Gasteiger partial charge is 0.222 e. The van der Waals surface area contributed by atoms with Crippen LogP contribution in [0.3, 0.4) is 0 Å². The van der Waals surface area contributed by atoms with Gasteiger partial charge in [-0.05, 0) is 18.9 Å². The maximum absolute atomic E-state index is 12.1. The number of halogens is 1. The Morgan fingerprint density at radius 3 is 2.89 bits per heavy atom. The van der Waals surface area contributed by atoms with Gasteiger partial charge in [0.15, 0.2) is 0 Å². The minimum atomic E-state index is -0.00331. The molecule has 1 aliphatic carbocycles. The summed E-state index contributed by atoms with van der Waals surface area (Å²) >= 11 is 5.83. The Labute approximate surface area is 164 Å². The summed E-state index contributed by atoms with van der Waals surface area (Å²) in [6.45, 7) is 4.00. The lowest BCUT2D eigenvalue weighted by Crippen LogP contribution is -2.42. The molecular weight excluding hydrogens is 364 g/mol. The number of aryl methyl sites for hydroxylation is 1. The van der Waals surface area contributed by atoms with E-state index >= 15 is 0 Å². The van der Waals surface area contributed by atoms with Crippen LogP contribution >= 0.6 is 11.6 Å². The number of nitrogens with one attached hydrogen (secondary N) is 1. The topological polar surface area (TPSA) is 68.0 Å². The van der Waals surface area contributed by atoms with Crippen LogP contribution in [0.5, 0.6) is 0 Å². The molecule has 1 aliphatic heterocycles. The Morgan fingerprint density at radius 1 is 1.26 bits per heavy atom. The molecule has 0 unspecified atom stereocenters. The summed E-state index contributed by atoms with van der Waals surface area (Å²) in [5, 5.41) is 12.3. The predicted molar refractivity (Wildman–Crippen MR) is 103 cm³/mol. The van der Waals surface area contributed by atoms with Gasteiger partial charge in [0.1, 0.15) is 0 Å². The molecule has 0 atom stereocenters. The van der Waals surface area contributed by atoms with Gasteiger partial charge in [-0.15, -0.1) is 0 Å². The molecule has 0 bridgehead atoms. The van der Waals surface area contributed by atoms with Crippen molar-refractivity contribution < 1.29 is 4.79 Å². The number of fused-ring (bicyclic) bond motifs is 1. The SMILES string of the molecule is O=C(CCn1cc(Cl)cn1)NCc1cc2n(n1)CCN(C1CCCCC1)C2. The summed E-state index contributed by atoms with van der Waals surface area (Å²) in [5.41, 5.74) is 2.20. The molecule has 146 valence electrons. The van der Waals surface area contributed by atoms with Gasteiger partial charge in [0.2, 0.25) is 5.91 Å². The van der Waals surface area contributed by atoms with Gasteiger partial charge in [-0.2, -0.15) is 10.2 Å². The Kier molecular flexibility index (Phi) is 5.78. The number of amides is 1. The first-order chi connectivity index (χ1) is 13.2. The molecule has 1 N–H and O–H groups in total. The molecule has 0 spiro atoms. The molecule has 0 aromatic carbocycles. The van der Waals surface area contributed by atoms with Gasteiger partial charge in [0.05, 0.1) is 35.7 Å². The zero-order valence-electron chi connectivity index (χ0n) is 15.6. The Bertz CT molecular complexity index is 779. The molecule has 0 saturated heterocycles. The molecule has 27 heavy (non-hydrogen) atoms. The van der Waals surface area contributed by atoms with E-state index < -0.39 is 0 Å². The Hall–Kier alpha value is -1.86. The van der Waals surface area contributed by atoms with Crippen LogP contribution in [-0.2, 0) is 31.0 Å². The summed E-state index contributed by atoms with van der Waals surface area (Å²) in [6, 6.07) is 2.88. The van der Waals surface area contributed by atoms with E-state index in [0.717, 1.165) is 31.4 Å². The van der Waals surface area contributed by atoms with Crippen molar-refractivity contribution in [3.63, 3.8) is 0 Å². The Balaban J connectivity index is 1.26. The van der Waals surface area contributed by atoms with Crippen LogP contribution in [0.1, 0.15) is 49.9 Å². The maximum atomic E-state index is 12.1. The monoisotopic (exact) mass is 390 g/mol. The van der Waals surface area contributed by atoms with E-state index in [1.807, 2.05) is 0 Å². The van der Waals surface area contributed by atoms with Crippen molar-refractivity contribution in [3.05, 3.63) is 34.9 Å². The molecule has 8 heteroatoms. The van der Waals surface area contributed by atoms with Crippen molar-refractivity contribution in [3.8, 4) is 0 Å². The molecule has 2 aliphatic rings. The van der Waals surface area contributed by atoms with Crippen molar-refractivity contribution >= 4 is 17.5 Å². The van der Waals surface area contributed by atoms with Crippen molar-refractivity contribution in [2.75, 3.05) is 6.54 Å². The number of aromatic nitrogens is 4. The lowest BCUT2D eigenvalue weighted by molar-refractivity contribution is -0.121. The van der Waals surface area contributed by atoms with E-state index in [-0.39, 0.29) is 5.91 Å². The van der Waals surface area contributed by atoms with Crippen LogP contribution in [-0.4, -0.2) is 43.0 Å². The van der Waals surface area contributed by atoms with Crippen LogP contribution in [0, 0.1) is 0 Å². The number of rotatable bonds is 6. The molecule has 1 fully saturated rings. The predicted octanol–water partition coefficient (Wildman–Crippen LogP) is 2.59. The largest absolute Gasteiger partial charge is 0.350 e. The van der Waals surface area contributed by atoms with E-state index in [0.29, 0.717) is 24.5 Å². The zero-order valence-corrected chi connectivity index (χ0v) is 16.4. The van der Waals surface area contributed by atoms with E-state index in [1.54, 1.807) is 17.1 Å². The summed E-state index contributed by atoms with van der Waals surface area (Å²) in [4.78, 5) is 14.7. The van der Waals surface area contributed by atoms with E-state index in [1.165, 1.54) is 37.8 Å². The average molecular weight is 391 g/mol. The minimum absolute atomic E-state index is 0.00331. The highest BCUT2D eigenvalue weighted by atomic mass is 35.5. The van der Waals surface area contributed by atoms with Crippen LogP contribution in [0.25, 0.3) is 0 Å². The second-order valence-electron chi connectivity index (χ2n) is 7.56. The standard InChI is InChI=1S/C19H27ClN6O/c20-15-11-22-25(13-15)7-6-19(27)21-12-16-10-18-14-24(8-9-26(18)23-16)17-4-2-1-3-5-17/h10-11,13,17H,1-9,12,14H2,(H,21,27). The minimum Gasteiger partial charge on any atom is -0.350 e. The average Bonchev–Trinajstić information content (AvgIpc) is 3.30. The maximum Gasteiger partial charge on any atom is 0.222 e. The van der Waals surface area contributed by atoms with E-state index in [9.17, 15) is 4.79 Å². The summed E-state index contributed by atoms with van der Waals surface area (Å²) in [6.07, 6.45) is 10.4. The van der Waals surface area contributed by atoms with Crippen LogP contribution in [0.2, 0.25) is 5.02 Å². The molecule has 1 amide bonds. The summed E-state index contributed by atoms with van der Waals surface area (Å²) < 4.78 is 3.78. The normalized spacial score (nSPS) is 18.4. The quantitative estimate of drug-likeness (QED) is 0.823. The third kappa shape index (κ3) is 4.71. The highest BCUT2D eigenvalue weighted by Gasteiger charge is 2.25. The van der Waals surface area contributed by atoms with Crippen LogP contribution in [0.4, 0.5) is 0 Å². The summed E-state index contributed by atoms with van der Waals surface area (Å²) in [7, 11) is 0. The molecule has 3 heterocycles. The van der Waals surface area contributed by atoms with Crippen molar-refractivity contribution in [1.29, 1.82) is 0 Å². The van der Waals surface area contributed by atoms with Crippen LogP contribution < -0.4 is 5.32 Å². The molecule has 0 radical (unpaired) electrons. The summed E-state index contributed by atoms with van der Waals surface area (Å²) in [5.74, 6) is -0.00331. The number of carbonyl (C=O) groups is 1. The fourth-order valence-corrected chi connectivity index (χ4v) is 4.30. The van der Waals surface area contributed by atoms with Crippen molar-refractivity contribution in [1.82, 2.24) is 29.8 Å². The van der Waals surface area contributed by atoms with Gasteiger partial charge in [-0.1, -0.05) is 30.9 Å². The highest BCUT2D eigenvalue weighted by molar-refractivity contribution is 6.30. The number of hydrogen-bond acceptors (Lipinski definition) is 4. The fourth-order valence-electron chi connectivity index (χ4n) is 4.14. The molecule has 4 rings (SSSR count).